The second kappa shape index (κ2) is 6.54. The van der Waals surface area contributed by atoms with Gasteiger partial charge in [0.25, 0.3) is 0 Å². The number of likely N-dealkylation sites (tertiary alicyclic amines) is 1. The normalized spacial score (nSPS) is 17.4. The van der Waals surface area contributed by atoms with Crippen molar-refractivity contribution in [3.05, 3.63) is 10.6 Å². The zero-order valence-corrected chi connectivity index (χ0v) is 13.2. The lowest BCUT2D eigenvalue weighted by molar-refractivity contribution is 0.0701. The van der Waals surface area contributed by atoms with Gasteiger partial charge in [0, 0.05) is 26.2 Å². The molecule has 0 saturated carbocycles. The van der Waals surface area contributed by atoms with E-state index < -0.39 is 5.97 Å². The summed E-state index contributed by atoms with van der Waals surface area (Å²) in [7, 11) is 2.04. The van der Waals surface area contributed by atoms with Crippen LogP contribution in [-0.4, -0.2) is 53.7 Å². The van der Waals surface area contributed by atoms with E-state index in [4.69, 9.17) is 0 Å². The highest BCUT2D eigenvalue weighted by atomic mass is 32.1. The third-order valence-electron chi connectivity index (χ3n) is 4.07. The highest BCUT2D eigenvalue weighted by Crippen LogP contribution is 2.29. The lowest BCUT2D eigenvalue weighted by Gasteiger charge is -2.36. The number of thiazole rings is 1. The van der Waals surface area contributed by atoms with Crippen molar-refractivity contribution in [3.8, 4) is 0 Å². The first-order valence-corrected chi connectivity index (χ1v) is 8.06. The van der Waals surface area contributed by atoms with Gasteiger partial charge >= 0.3 is 5.97 Å². The summed E-state index contributed by atoms with van der Waals surface area (Å²) in [5.74, 6) is -0.861. The Bertz CT molecular complexity index is 467. The molecule has 2 rings (SSSR count). The van der Waals surface area contributed by atoms with Gasteiger partial charge in [-0.2, -0.15) is 0 Å². The number of aryl methyl sites for hydroxylation is 1. The number of rotatable bonds is 5. The summed E-state index contributed by atoms with van der Waals surface area (Å²) in [6, 6.07) is 0.468. The van der Waals surface area contributed by atoms with E-state index in [1.807, 2.05) is 14.0 Å². The summed E-state index contributed by atoms with van der Waals surface area (Å²) in [6.07, 6.45) is 2.90. The van der Waals surface area contributed by atoms with Crippen LogP contribution in [0, 0.1) is 0 Å². The molecule has 1 saturated heterocycles. The number of carboxylic acid groups (broad SMARTS) is 1. The lowest BCUT2D eigenvalue weighted by Crippen LogP contribution is -2.43. The zero-order valence-electron chi connectivity index (χ0n) is 12.4. The topological polar surface area (TPSA) is 56.7 Å². The van der Waals surface area contributed by atoms with E-state index in [0.717, 1.165) is 37.6 Å². The molecular formula is C14H23N3O2S. The molecule has 1 N–H and O–H groups in total. The van der Waals surface area contributed by atoms with E-state index in [1.165, 1.54) is 11.3 Å². The summed E-state index contributed by atoms with van der Waals surface area (Å²) >= 11 is 1.30. The minimum Gasteiger partial charge on any atom is -0.477 e. The molecule has 112 valence electrons. The maximum absolute atomic E-state index is 11.2. The van der Waals surface area contributed by atoms with Crippen LogP contribution in [0.2, 0.25) is 0 Å². The Balaban J connectivity index is 2.09. The average molecular weight is 297 g/mol. The van der Waals surface area contributed by atoms with E-state index in [2.05, 4.69) is 21.7 Å². The molecule has 0 unspecified atom stereocenters. The number of carbonyl (C=O) groups is 1. The Hall–Kier alpha value is -1.14. The molecule has 0 amide bonds. The van der Waals surface area contributed by atoms with E-state index in [-0.39, 0.29) is 0 Å². The van der Waals surface area contributed by atoms with Gasteiger partial charge in [-0.1, -0.05) is 25.2 Å². The van der Waals surface area contributed by atoms with Crippen LogP contribution in [0.4, 0.5) is 5.13 Å². The molecule has 0 radical (unpaired) electrons. The van der Waals surface area contributed by atoms with Gasteiger partial charge < -0.3 is 14.9 Å². The van der Waals surface area contributed by atoms with Gasteiger partial charge in [-0.3, -0.25) is 0 Å². The molecule has 1 aliphatic rings. The second-order valence-corrected chi connectivity index (χ2v) is 6.18. The molecule has 0 bridgehead atoms. The molecule has 1 fully saturated rings. The first kappa shape index (κ1) is 15.3. The van der Waals surface area contributed by atoms with E-state index in [0.29, 0.717) is 23.0 Å². The molecule has 1 aromatic heterocycles. The van der Waals surface area contributed by atoms with Gasteiger partial charge in [0.1, 0.15) is 4.88 Å². The molecule has 5 nitrogen and oxygen atoms in total. The SMILES string of the molecule is CCc1nc(N(C)C2CCN(CC)CC2)sc1C(=O)O. The van der Waals surface area contributed by atoms with Crippen molar-refractivity contribution in [2.75, 3.05) is 31.6 Å². The van der Waals surface area contributed by atoms with Gasteiger partial charge in [0.2, 0.25) is 0 Å². The molecule has 0 aromatic carbocycles. The number of carboxylic acids is 1. The largest absolute Gasteiger partial charge is 0.477 e. The number of aromatic carboxylic acids is 1. The van der Waals surface area contributed by atoms with Gasteiger partial charge in [-0.25, -0.2) is 9.78 Å². The van der Waals surface area contributed by atoms with Gasteiger partial charge in [-0.15, -0.1) is 0 Å². The number of hydrogen-bond donors (Lipinski definition) is 1. The number of nitrogens with zero attached hydrogens (tertiary/aromatic N) is 3. The van der Waals surface area contributed by atoms with Gasteiger partial charge in [0.15, 0.2) is 5.13 Å². The van der Waals surface area contributed by atoms with Gasteiger partial charge in [-0.05, 0) is 25.8 Å². The van der Waals surface area contributed by atoms with Crippen LogP contribution in [0.25, 0.3) is 0 Å². The molecule has 6 heteroatoms. The summed E-state index contributed by atoms with van der Waals surface area (Å²) in [4.78, 5) is 20.7. The smallest absolute Gasteiger partial charge is 0.347 e. The third kappa shape index (κ3) is 3.12. The quantitative estimate of drug-likeness (QED) is 0.904. The minimum absolute atomic E-state index is 0.389. The highest BCUT2D eigenvalue weighted by molar-refractivity contribution is 7.17. The third-order valence-corrected chi connectivity index (χ3v) is 5.25. The first-order valence-electron chi connectivity index (χ1n) is 7.25. The number of aromatic nitrogens is 1. The van der Waals surface area contributed by atoms with Crippen molar-refractivity contribution in [1.29, 1.82) is 0 Å². The number of piperidine rings is 1. The molecule has 1 aromatic rings. The van der Waals surface area contributed by atoms with Crippen LogP contribution < -0.4 is 4.90 Å². The lowest BCUT2D eigenvalue weighted by atomic mass is 10.0. The molecule has 2 heterocycles. The summed E-state index contributed by atoms with van der Waals surface area (Å²) in [5, 5.41) is 10.1. The predicted octanol–water partition coefficient (Wildman–Crippen LogP) is 2.32. The van der Waals surface area contributed by atoms with Crippen LogP contribution in [0.1, 0.15) is 42.1 Å². The van der Waals surface area contributed by atoms with Crippen molar-refractivity contribution >= 4 is 22.4 Å². The van der Waals surface area contributed by atoms with Crippen molar-refractivity contribution < 1.29 is 9.90 Å². The molecule has 1 aliphatic heterocycles. The van der Waals surface area contributed by atoms with Gasteiger partial charge in [0.05, 0.1) is 5.69 Å². The fourth-order valence-electron chi connectivity index (χ4n) is 2.68. The second-order valence-electron chi connectivity index (χ2n) is 5.21. The van der Waals surface area contributed by atoms with Crippen molar-refractivity contribution in [2.45, 2.75) is 39.2 Å². The van der Waals surface area contributed by atoms with Crippen molar-refractivity contribution in [3.63, 3.8) is 0 Å². The Morgan fingerprint density at radius 3 is 2.55 bits per heavy atom. The molecule has 20 heavy (non-hydrogen) atoms. The van der Waals surface area contributed by atoms with E-state index in [9.17, 15) is 9.90 Å². The molecule has 0 atom stereocenters. The van der Waals surface area contributed by atoms with E-state index >= 15 is 0 Å². The minimum atomic E-state index is -0.861. The van der Waals surface area contributed by atoms with Crippen LogP contribution in [0.15, 0.2) is 0 Å². The zero-order chi connectivity index (χ0) is 14.7. The van der Waals surface area contributed by atoms with Crippen LogP contribution >= 0.6 is 11.3 Å². The number of anilines is 1. The summed E-state index contributed by atoms with van der Waals surface area (Å²) in [6.45, 7) is 7.48. The fourth-order valence-corrected chi connectivity index (χ4v) is 3.70. The maximum atomic E-state index is 11.2. The first-order chi connectivity index (χ1) is 9.56. The summed E-state index contributed by atoms with van der Waals surface area (Å²) < 4.78 is 0. The van der Waals surface area contributed by atoms with Crippen molar-refractivity contribution in [2.24, 2.45) is 0 Å². The Morgan fingerprint density at radius 1 is 1.45 bits per heavy atom. The molecule has 0 aliphatic carbocycles. The van der Waals surface area contributed by atoms with E-state index in [1.54, 1.807) is 0 Å². The van der Waals surface area contributed by atoms with Crippen LogP contribution in [0.5, 0.6) is 0 Å². The fraction of sp³-hybridized carbons (Fsp3) is 0.714. The Morgan fingerprint density at radius 2 is 2.10 bits per heavy atom. The molecule has 0 spiro atoms. The van der Waals surface area contributed by atoms with Crippen LogP contribution in [-0.2, 0) is 6.42 Å². The predicted molar refractivity (Wildman–Crippen MR) is 82.0 cm³/mol. The van der Waals surface area contributed by atoms with Crippen LogP contribution in [0.3, 0.4) is 0 Å². The molecular weight excluding hydrogens is 274 g/mol. The Kier molecular flexibility index (Phi) is 4.99. The highest BCUT2D eigenvalue weighted by Gasteiger charge is 2.25. The number of hydrogen-bond acceptors (Lipinski definition) is 5. The maximum Gasteiger partial charge on any atom is 0.347 e. The average Bonchev–Trinajstić information content (AvgIpc) is 2.91. The summed E-state index contributed by atoms with van der Waals surface area (Å²) in [5.41, 5.74) is 0.704. The Labute approximate surface area is 124 Å². The monoisotopic (exact) mass is 297 g/mol. The standard InChI is InChI=1S/C14H23N3O2S/c1-4-11-12(13(18)19)20-14(15-11)16(3)10-6-8-17(5-2)9-7-10/h10H,4-9H2,1-3H3,(H,18,19). The van der Waals surface area contributed by atoms with Crippen molar-refractivity contribution in [1.82, 2.24) is 9.88 Å².